The lowest BCUT2D eigenvalue weighted by atomic mass is 9.98. The highest BCUT2D eigenvalue weighted by atomic mass is 16.2. The van der Waals surface area contributed by atoms with E-state index >= 15 is 0 Å². The summed E-state index contributed by atoms with van der Waals surface area (Å²) < 4.78 is 1.42. The SMILES string of the molecule is CN1N=C/C(=C/c2ccccc2NC(c2ccccc2N)c2c[nH]n(C)c2=O)C1=O. The molecule has 1 amide bonds. The Morgan fingerprint density at radius 1 is 1.07 bits per heavy atom. The van der Waals surface area contributed by atoms with Gasteiger partial charge < -0.3 is 16.1 Å². The zero-order valence-corrected chi connectivity index (χ0v) is 16.7. The summed E-state index contributed by atoms with van der Waals surface area (Å²) in [4.78, 5) is 24.9. The van der Waals surface area contributed by atoms with Gasteiger partial charge in [-0.05, 0) is 23.8 Å². The molecule has 0 saturated carbocycles. The first-order valence-corrected chi connectivity index (χ1v) is 9.43. The van der Waals surface area contributed by atoms with Crippen molar-refractivity contribution in [2.75, 3.05) is 18.1 Å². The van der Waals surface area contributed by atoms with Crippen LogP contribution in [-0.2, 0) is 11.8 Å². The van der Waals surface area contributed by atoms with Gasteiger partial charge >= 0.3 is 0 Å². The molecule has 4 rings (SSSR count). The number of hydrogen-bond donors (Lipinski definition) is 3. The number of rotatable bonds is 5. The number of nitrogen functional groups attached to an aromatic ring is 1. The molecule has 30 heavy (non-hydrogen) atoms. The molecule has 0 radical (unpaired) electrons. The number of aryl methyl sites for hydroxylation is 1. The van der Waals surface area contributed by atoms with E-state index in [1.807, 2.05) is 42.5 Å². The quantitative estimate of drug-likeness (QED) is 0.450. The third-order valence-corrected chi connectivity index (χ3v) is 5.07. The first kappa shape index (κ1) is 19.3. The van der Waals surface area contributed by atoms with E-state index in [2.05, 4.69) is 15.5 Å². The average molecular weight is 402 g/mol. The summed E-state index contributed by atoms with van der Waals surface area (Å²) in [5.74, 6) is -0.173. The van der Waals surface area contributed by atoms with Crippen molar-refractivity contribution < 1.29 is 4.79 Å². The Hall–Kier alpha value is -4.07. The third kappa shape index (κ3) is 3.50. The van der Waals surface area contributed by atoms with E-state index in [1.165, 1.54) is 15.9 Å². The molecule has 0 spiro atoms. The van der Waals surface area contributed by atoms with Crippen LogP contribution in [0.1, 0.15) is 22.7 Å². The van der Waals surface area contributed by atoms with Gasteiger partial charge in [-0.2, -0.15) is 5.10 Å². The number of anilines is 2. The molecule has 3 aromatic rings. The van der Waals surface area contributed by atoms with Crippen LogP contribution in [0.25, 0.3) is 6.08 Å². The van der Waals surface area contributed by atoms with Crippen LogP contribution < -0.4 is 16.6 Å². The van der Waals surface area contributed by atoms with Gasteiger partial charge in [-0.25, -0.2) is 5.01 Å². The number of hydrazone groups is 1. The number of amides is 1. The van der Waals surface area contributed by atoms with Gasteiger partial charge in [-0.3, -0.25) is 14.3 Å². The van der Waals surface area contributed by atoms with E-state index in [4.69, 9.17) is 5.73 Å². The fourth-order valence-electron chi connectivity index (χ4n) is 3.40. The Balaban J connectivity index is 1.79. The van der Waals surface area contributed by atoms with Gasteiger partial charge in [0.05, 0.1) is 23.4 Å². The summed E-state index contributed by atoms with van der Waals surface area (Å²) in [5.41, 5.74) is 10.0. The Morgan fingerprint density at radius 2 is 1.80 bits per heavy atom. The molecule has 4 N–H and O–H groups in total. The van der Waals surface area contributed by atoms with Crippen LogP contribution in [0.5, 0.6) is 0 Å². The highest BCUT2D eigenvalue weighted by molar-refractivity contribution is 6.18. The number of carbonyl (C=O) groups is 1. The number of hydrogen-bond acceptors (Lipinski definition) is 5. The van der Waals surface area contributed by atoms with Gasteiger partial charge in [0.1, 0.15) is 0 Å². The zero-order valence-electron chi connectivity index (χ0n) is 16.7. The number of nitrogens with zero attached hydrogens (tertiary/aromatic N) is 3. The molecule has 2 heterocycles. The molecular formula is C22H22N6O2. The molecule has 0 aliphatic carbocycles. The van der Waals surface area contributed by atoms with Crippen molar-refractivity contribution in [2.45, 2.75) is 6.04 Å². The van der Waals surface area contributed by atoms with Crippen molar-refractivity contribution in [1.82, 2.24) is 14.8 Å². The summed E-state index contributed by atoms with van der Waals surface area (Å²) >= 11 is 0. The number of benzene rings is 2. The van der Waals surface area contributed by atoms with Crippen LogP contribution in [0, 0.1) is 0 Å². The number of likely N-dealkylation sites (N-methyl/N-ethyl adjacent to an activating group) is 1. The Labute approximate surface area is 173 Å². The van der Waals surface area contributed by atoms with Crippen molar-refractivity contribution in [1.29, 1.82) is 0 Å². The van der Waals surface area contributed by atoms with Crippen LogP contribution in [0.15, 0.2) is 70.2 Å². The first-order chi connectivity index (χ1) is 14.5. The molecule has 0 bridgehead atoms. The van der Waals surface area contributed by atoms with Crippen LogP contribution in [0.4, 0.5) is 11.4 Å². The second-order valence-electron chi connectivity index (χ2n) is 7.06. The summed E-state index contributed by atoms with van der Waals surface area (Å²) in [6.07, 6.45) is 4.99. The lowest BCUT2D eigenvalue weighted by Crippen LogP contribution is -2.23. The number of nitrogens with one attached hydrogen (secondary N) is 2. The highest BCUT2D eigenvalue weighted by Crippen LogP contribution is 2.31. The summed E-state index contributed by atoms with van der Waals surface area (Å²) in [7, 11) is 3.27. The number of nitrogens with two attached hydrogens (primary N) is 1. The predicted molar refractivity (Wildman–Crippen MR) is 118 cm³/mol. The maximum absolute atomic E-state index is 12.7. The minimum Gasteiger partial charge on any atom is -0.398 e. The summed E-state index contributed by atoms with van der Waals surface area (Å²) in [6.45, 7) is 0. The fraction of sp³-hybridized carbons (Fsp3) is 0.136. The maximum Gasteiger partial charge on any atom is 0.275 e. The number of H-pyrrole nitrogens is 1. The topological polar surface area (TPSA) is 109 Å². The third-order valence-electron chi connectivity index (χ3n) is 5.07. The monoisotopic (exact) mass is 402 g/mol. The lowest BCUT2D eigenvalue weighted by Gasteiger charge is -2.22. The largest absolute Gasteiger partial charge is 0.398 e. The van der Waals surface area contributed by atoms with Gasteiger partial charge in [0.2, 0.25) is 0 Å². The molecular weight excluding hydrogens is 380 g/mol. The minimum absolute atomic E-state index is 0.147. The number of carbonyl (C=O) groups excluding carboxylic acids is 1. The molecule has 1 aliphatic rings. The van der Waals surface area contributed by atoms with Gasteiger partial charge in [-0.1, -0.05) is 36.4 Å². The van der Waals surface area contributed by atoms with Gasteiger partial charge in [-0.15, -0.1) is 0 Å². The van der Waals surface area contributed by atoms with E-state index in [9.17, 15) is 9.59 Å². The maximum atomic E-state index is 12.7. The number of aromatic amines is 1. The van der Waals surface area contributed by atoms with Crippen molar-refractivity contribution in [2.24, 2.45) is 12.1 Å². The average Bonchev–Trinajstić information content (AvgIpc) is 3.24. The molecule has 8 nitrogen and oxygen atoms in total. The van der Waals surface area contributed by atoms with Crippen LogP contribution >= 0.6 is 0 Å². The van der Waals surface area contributed by atoms with Gasteiger partial charge in [0.15, 0.2) is 0 Å². The second kappa shape index (κ2) is 7.75. The standard InChI is InChI=1S/C22H22N6O2/c1-27-21(29)15(12-24-27)11-14-7-3-6-10-19(14)26-20(16-8-4-5-9-18(16)23)17-13-25-28(2)22(17)30/h3-13,20,25-26H,23H2,1-2H3/b15-11-. The summed E-state index contributed by atoms with van der Waals surface area (Å²) in [6, 6.07) is 14.5. The Kier molecular flexibility index (Phi) is 4.97. The van der Waals surface area contributed by atoms with Crippen LogP contribution in [0.3, 0.4) is 0 Å². The molecule has 1 atom stereocenters. The van der Waals surface area contributed by atoms with Crippen LogP contribution in [-0.4, -0.2) is 34.0 Å². The normalized spacial score (nSPS) is 15.7. The van der Waals surface area contributed by atoms with E-state index in [1.54, 1.807) is 32.4 Å². The molecule has 0 saturated heterocycles. The fourth-order valence-corrected chi connectivity index (χ4v) is 3.40. The van der Waals surface area contributed by atoms with E-state index < -0.39 is 6.04 Å². The summed E-state index contributed by atoms with van der Waals surface area (Å²) in [5, 5.41) is 11.7. The lowest BCUT2D eigenvalue weighted by molar-refractivity contribution is -0.124. The first-order valence-electron chi connectivity index (χ1n) is 9.43. The van der Waals surface area contributed by atoms with E-state index in [-0.39, 0.29) is 11.5 Å². The molecule has 0 fully saturated rings. The van der Waals surface area contributed by atoms with Crippen LogP contribution in [0.2, 0.25) is 0 Å². The molecule has 8 heteroatoms. The molecule has 1 aromatic heterocycles. The number of para-hydroxylation sites is 2. The Morgan fingerprint density at radius 3 is 2.47 bits per heavy atom. The van der Waals surface area contributed by atoms with Gasteiger partial charge in [0.25, 0.3) is 11.5 Å². The van der Waals surface area contributed by atoms with Crippen molar-refractivity contribution in [3.63, 3.8) is 0 Å². The van der Waals surface area contributed by atoms with Gasteiger partial charge in [0, 0.05) is 37.2 Å². The minimum atomic E-state index is -0.480. The van der Waals surface area contributed by atoms with E-state index in [0.29, 0.717) is 16.8 Å². The Bertz CT molecular complexity index is 1220. The smallest absolute Gasteiger partial charge is 0.275 e. The van der Waals surface area contributed by atoms with Crippen molar-refractivity contribution in [3.05, 3.63) is 87.3 Å². The highest BCUT2D eigenvalue weighted by Gasteiger charge is 2.23. The zero-order chi connectivity index (χ0) is 21.3. The predicted octanol–water partition coefficient (Wildman–Crippen LogP) is 2.34. The molecule has 1 aliphatic heterocycles. The van der Waals surface area contributed by atoms with Crippen molar-refractivity contribution in [3.8, 4) is 0 Å². The molecule has 2 aromatic carbocycles. The molecule has 1 unspecified atom stereocenters. The molecule has 152 valence electrons. The number of aromatic nitrogens is 2. The van der Waals surface area contributed by atoms with Crippen molar-refractivity contribution >= 4 is 29.6 Å². The second-order valence-corrected chi connectivity index (χ2v) is 7.06. The van der Waals surface area contributed by atoms with E-state index in [0.717, 1.165) is 16.8 Å².